The van der Waals surface area contributed by atoms with Gasteiger partial charge in [0.15, 0.2) is 0 Å². The van der Waals surface area contributed by atoms with Crippen molar-refractivity contribution < 1.29 is 4.79 Å². The largest absolute Gasteiger partial charge is 0.340 e. The molecule has 0 aromatic heterocycles. The monoisotopic (exact) mass is 262 g/mol. The molecule has 0 heterocycles. The van der Waals surface area contributed by atoms with Crippen LogP contribution in [0.5, 0.6) is 0 Å². The fraction of sp³-hybridized carbons (Fsp3) is 0.562. The molecule has 1 amide bonds. The average Bonchev–Trinajstić information content (AvgIpc) is 2.46. The van der Waals surface area contributed by atoms with Crippen LogP contribution in [0.4, 0.5) is 0 Å². The van der Waals surface area contributed by atoms with Crippen molar-refractivity contribution in [1.29, 1.82) is 0 Å². The smallest absolute Gasteiger partial charge is 0.222 e. The summed E-state index contributed by atoms with van der Waals surface area (Å²) in [5, 5.41) is 0. The standard InChI is InChI=1S/C16H26N2O/c1-4-13(3)18(5-2)16(19)12-11-15(17)14-9-7-6-8-10-14/h6-10,13,15H,4-5,11-12,17H2,1-3H3. The van der Waals surface area contributed by atoms with Crippen LogP contribution in [0.2, 0.25) is 0 Å². The molecular formula is C16H26N2O. The number of hydrogen-bond donors (Lipinski definition) is 1. The van der Waals surface area contributed by atoms with Crippen molar-refractivity contribution >= 4 is 5.91 Å². The van der Waals surface area contributed by atoms with Gasteiger partial charge in [-0.25, -0.2) is 0 Å². The van der Waals surface area contributed by atoms with E-state index in [0.717, 1.165) is 18.5 Å². The molecular weight excluding hydrogens is 236 g/mol. The van der Waals surface area contributed by atoms with Crippen LogP contribution in [0.15, 0.2) is 30.3 Å². The van der Waals surface area contributed by atoms with Crippen LogP contribution in [-0.2, 0) is 4.79 Å². The Labute approximate surface area is 116 Å². The highest BCUT2D eigenvalue weighted by molar-refractivity contribution is 5.76. The zero-order chi connectivity index (χ0) is 14.3. The summed E-state index contributed by atoms with van der Waals surface area (Å²) in [7, 11) is 0. The molecule has 3 heteroatoms. The van der Waals surface area contributed by atoms with Crippen LogP contribution in [-0.4, -0.2) is 23.4 Å². The summed E-state index contributed by atoms with van der Waals surface area (Å²) in [6.07, 6.45) is 2.22. The molecule has 0 aliphatic carbocycles. The Bertz CT molecular complexity index is 378. The maximum absolute atomic E-state index is 12.2. The number of nitrogens with two attached hydrogens (primary N) is 1. The summed E-state index contributed by atoms with van der Waals surface area (Å²) in [6.45, 7) is 7.00. The van der Waals surface area contributed by atoms with Crippen molar-refractivity contribution in [2.45, 2.75) is 52.1 Å². The summed E-state index contributed by atoms with van der Waals surface area (Å²) < 4.78 is 0. The van der Waals surface area contributed by atoms with E-state index in [1.165, 1.54) is 0 Å². The van der Waals surface area contributed by atoms with Gasteiger partial charge in [-0.1, -0.05) is 37.3 Å². The van der Waals surface area contributed by atoms with E-state index in [0.29, 0.717) is 18.9 Å². The molecule has 0 saturated carbocycles. The first kappa shape index (κ1) is 15.7. The Balaban J connectivity index is 2.49. The van der Waals surface area contributed by atoms with Crippen LogP contribution >= 0.6 is 0 Å². The number of benzene rings is 1. The lowest BCUT2D eigenvalue weighted by Crippen LogP contribution is -2.38. The van der Waals surface area contributed by atoms with E-state index in [1.807, 2.05) is 42.2 Å². The summed E-state index contributed by atoms with van der Waals surface area (Å²) in [6, 6.07) is 10.2. The third-order valence-corrected chi connectivity index (χ3v) is 3.68. The summed E-state index contributed by atoms with van der Waals surface area (Å²) in [5.74, 6) is 0.211. The first-order valence-corrected chi connectivity index (χ1v) is 7.20. The number of hydrogen-bond acceptors (Lipinski definition) is 2. The van der Waals surface area contributed by atoms with Gasteiger partial charge in [0, 0.05) is 25.0 Å². The SMILES string of the molecule is CCC(C)N(CC)C(=O)CCC(N)c1ccccc1. The predicted octanol–water partition coefficient (Wildman–Crippen LogP) is 3.11. The van der Waals surface area contributed by atoms with Crippen molar-refractivity contribution in [2.24, 2.45) is 5.73 Å². The lowest BCUT2D eigenvalue weighted by molar-refractivity contribution is -0.133. The Kier molecular flexibility index (Phi) is 6.57. The lowest BCUT2D eigenvalue weighted by atomic mass is 10.0. The molecule has 0 bridgehead atoms. The van der Waals surface area contributed by atoms with Gasteiger partial charge in [0.05, 0.1) is 0 Å². The van der Waals surface area contributed by atoms with Crippen molar-refractivity contribution in [1.82, 2.24) is 4.90 Å². The molecule has 19 heavy (non-hydrogen) atoms. The fourth-order valence-electron chi connectivity index (χ4n) is 2.24. The molecule has 106 valence electrons. The van der Waals surface area contributed by atoms with E-state index in [9.17, 15) is 4.79 Å². The van der Waals surface area contributed by atoms with Crippen LogP contribution in [0.25, 0.3) is 0 Å². The van der Waals surface area contributed by atoms with Crippen molar-refractivity contribution in [3.8, 4) is 0 Å². The van der Waals surface area contributed by atoms with Gasteiger partial charge >= 0.3 is 0 Å². The minimum absolute atomic E-state index is 0.0548. The highest BCUT2D eigenvalue weighted by Gasteiger charge is 2.17. The highest BCUT2D eigenvalue weighted by Crippen LogP contribution is 2.16. The van der Waals surface area contributed by atoms with Crippen molar-refractivity contribution in [3.05, 3.63) is 35.9 Å². The van der Waals surface area contributed by atoms with E-state index >= 15 is 0 Å². The maximum Gasteiger partial charge on any atom is 0.222 e. The lowest BCUT2D eigenvalue weighted by Gasteiger charge is -2.27. The van der Waals surface area contributed by atoms with Gasteiger partial charge in [0.1, 0.15) is 0 Å². The second-order valence-electron chi connectivity index (χ2n) is 4.99. The molecule has 1 aromatic carbocycles. The number of carbonyl (C=O) groups excluding carboxylic acids is 1. The molecule has 1 rings (SSSR count). The van der Waals surface area contributed by atoms with Gasteiger partial charge < -0.3 is 10.6 Å². The second kappa shape index (κ2) is 7.95. The van der Waals surface area contributed by atoms with Gasteiger partial charge in [-0.3, -0.25) is 4.79 Å². The third kappa shape index (κ3) is 4.67. The quantitative estimate of drug-likeness (QED) is 0.820. The van der Waals surface area contributed by atoms with E-state index in [-0.39, 0.29) is 11.9 Å². The van der Waals surface area contributed by atoms with Crippen LogP contribution in [0, 0.1) is 0 Å². The first-order valence-electron chi connectivity index (χ1n) is 7.20. The van der Waals surface area contributed by atoms with Crippen LogP contribution in [0.3, 0.4) is 0 Å². The van der Waals surface area contributed by atoms with E-state index in [2.05, 4.69) is 13.8 Å². The minimum Gasteiger partial charge on any atom is -0.340 e. The molecule has 3 nitrogen and oxygen atoms in total. The van der Waals surface area contributed by atoms with E-state index < -0.39 is 0 Å². The number of amides is 1. The summed E-state index contributed by atoms with van der Waals surface area (Å²) in [4.78, 5) is 14.1. The van der Waals surface area contributed by atoms with Crippen LogP contribution in [0.1, 0.15) is 51.6 Å². The highest BCUT2D eigenvalue weighted by atomic mass is 16.2. The molecule has 0 fully saturated rings. The molecule has 0 aliphatic rings. The maximum atomic E-state index is 12.2. The van der Waals surface area contributed by atoms with Crippen molar-refractivity contribution in [2.75, 3.05) is 6.54 Å². The number of carbonyl (C=O) groups is 1. The number of rotatable bonds is 7. The zero-order valence-electron chi connectivity index (χ0n) is 12.3. The van der Waals surface area contributed by atoms with Crippen LogP contribution < -0.4 is 5.73 Å². The molecule has 0 saturated heterocycles. The zero-order valence-corrected chi connectivity index (χ0v) is 12.3. The molecule has 1 aromatic rings. The molecule has 2 atom stereocenters. The predicted molar refractivity (Wildman–Crippen MR) is 79.7 cm³/mol. The molecule has 0 aliphatic heterocycles. The Morgan fingerprint density at radius 3 is 2.42 bits per heavy atom. The summed E-state index contributed by atoms with van der Waals surface area (Å²) >= 11 is 0. The Morgan fingerprint density at radius 2 is 1.89 bits per heavy atom. The second-order valence-corrected chi connectivity index (χ2v) is 4.99. The van der Waals surface area contributed by atoms with Gasteiger partial charge in [0.25, 0.3) is 0 Å². The van der Waals surface area contributed by atoms with Gasteiger partial charge in [0.2, 0.25) is 5.91 Å². The van der Waals surface area contributed by atoms with E-state index in [1.54, 1.807) is 0 Å². The minimum atomic E-state index is -0.0548. The summed E-state index contributed by atoms with van der Waals surface area (Å²) in [5.41, 5.74) is 7.22. The molecule has 0 spiro atoms. The molecule has 0 radical (unpaired) electrons. The molecule has 2 N–H and O–H groups in total. The Hall–Kier alpha value is -1.35. The van der Waals surface area contributed by atoms with Gasteiger partial charge in [-0.15, -0.1) is 0 Å². The van der Waals surface area contributed by atoms with Crippen molar-refractivity contribution in [3.63, 3.8) is 0 Å². The first-order chi connectivity index (χ1) is 9.10. The van der Waals surface area contributed by atoms with Gasteiger partial charge in [-0.05, 0) is 32.3 Å². The number of nitrogens with zero attached hydrogens (tertiary/aromatic N) is 1. The van der Waals surface area contributed by atoms with E-state index in [4.69, 9.17) is 5.73 Å². The Morgan fingerprint density at radius 1 is 1.26 bits per heavy atom. The third-order valence-electron chi connectivity index (χ3n) is 3.68. The normalized spacial score (nSPS) is 13.9. The average molecular weight is 262 g/mol. The fourth-order valence-corrected chi connectivity index (χ4v) is 2.24. The topological polar surface area (TPSA) is 46.3 Å². The van der Waals surface area contributed by atoms with Gasteiger partial charge in [-0.2, -0.15) is 0 Å². The molecule has 2 unspecified atom stereocenters.